The molecule has 4 heteroatoms. The number of nitrogen functional groups attached to an aromatic ring is 1. The van der Waals surface area contributed by atoms with Crippen LogP contribution in [0.1, 0.15) is 5.56 Å². The van der Waals surface area contributed by atoms with Crippen molar-refractivity contribution in [2.75, 3.05) is 5.73 Å². The van der Waals surface area contributed by atoms with Crippen LogP contribution in [0.15, 0.2) is 30.5 Å². The number of hydrogen-bond acceptors (Lipinski definition) is 2. The van der Waals surface area contributed by atoms with Crippen LogP contribution in [0.3, 0.4) is 0 Å². The lowest BCUT2D eigenvalue weighted by Crippen LogP contribution is -2.01. The topological polar surface area (TPSA) is 43.8 Å². The van der Waals surface area contributed by atoms with Gasteiger partial charge in [0, 0.05) is 10.6 Å². The van der Waals surface area contributed by atoms with Gasteiger partial charge in [0.15, 0.2) is 0 Å². The largest absolute Gasteiger partial charge is 0.383 e. The van der Waals surface area contributed by atoms with Gasteiger partial charge >= 0.3 is 0 Å². The molecule has 1 heterocycles. The Morgan fingerprint density at radius 3 is 2.79 bits per heavy atom. The molecule has 0 spiro atoms. The lowest BCUT2D eigenvalue weighted by molar-refractivity contribution is 0.891. The zero-order chi connectivity index (χ0) is 10.1. The van der Waals surface area contributed by atoms with Gasteiger partial charge in [-0.25, -0.2) is 4.68 Å². The van der Waals surface area contributed by atoms with Gasteiger partial charge in [-0.05, 0) is 25.1 Å². The van der Waals surface area contributed by atoms with Crippen LogP contribution in [-0.2, 0) is 0 Å². The number of hydrogen-bond donors (Lipinski definition) is 1. The molecule has 3 nitrogen and oxygen atoms in total. The zero-order valence-electron chi connectivity index (χ0n) is 7.74. The van der Waals surface area contributed by atoms with Crippen LogP contribution in [0.5, 0.6) is 0 Å². The van der Waals surface area contributed by atoms with Crippen molar-refractivity contribution >= 4 is 17.4 Å². The summed E-state index contributed by atoms with van der Waals surface area (Å²) in [5.74, 6) is 0.646. The van der Waals surface area contributed by atoms with Crippen LogP contribution in [0, 0.1) is 6.92 Å². The molecule has 0 unspecified atom stereocenters. The molecule has 14 heavy (non-hydrogen) atoms. The van der Waals surface area contributed by atoms with Crippen LogP contribution >= 0.6 is 11.6 Å². The quantitative estimate of drug-likeness (QED) is 0.781. The molecule has 2 aromatic rings. The van der Waals surface area contributed by atoms with Crippen molar-refractivity contribution in [2.24, 2.45) is 0 Å². The Morgan fingerprint density at radius 1 is 1.43 bits per heavy atom. The Balaban J connectivity index is 2.55. The number of benzene rings is 1. The first-order chi connectivity index (χ1) is 6.68. The van der Waals surface area contributed by atoms with Crippen molar-refractivity contribution in [1.29, 1.82) is 0 Å². The first kappa shape index (κ1) is 9.09. The molecular formula is C10H10ClN3. The molecule has 1 aromatic carbocycles. The maximum atomic E-state index is 5.87. The average molecular weight is 208 g/mol. The van der Waals surface area contributed by atoms with Crippen molar-refractivity contribution in [1.82, 2.24) is 9.78 Å². The maximum absolute atomic E-state index is 5.87. The fourth-order valence-electron chi connectivity index (χ4n) is 1.25. The molecule has 0 atom stereocenters. The van der Waals surface area contributed by atoms with Gasteiger partial charge in [-0.15, -0.1) is 0 Å². The van der Waals surface area contributed by atoms with Gasteiger partial charge in [0.25, 0.3) is 0 Å². The van der Waals surface area contributed by atoms with Crippen LogP contribution < -0.4 is 5.73 Å². The molecular weight excluding hydrogens is 198 g/mol. The summed E-state index contributed by atoms with van der Waals surface area (Å²) in [6.07, 6.45) is 1.73. The summed E-state index contributed by atoms with van der Waals surface area (Å²) in [4.78, 5) is 0. The van der Waals surface area contributed by atoms with Crippen LogP contribution in [0.4, 0.5) is 5.82 Å². The predicted octanol–water partition coefficient (Wildman–Crippen LogP) is 2.42. The van der Waals surface area contributed by atoms with E-state index in [1.807, 2.05) is 31.2 Å². The lowest BCUT2D eigenvalue weighted by Gasteiger charge is -2.04. The molecule has 0 saturated heterocycles. The second-order valence-electron chi connectivity index (χ2n) is 3.10. The SMILES string of the molecule is Cc1cnn(-c2cccc(Cl)c2)c1N. The first-order valence-corrected chi connectivity index (χ1v) is 4.62. The predicted molar refractivity (Wildman–Crippen MR) is 57.7 cm³/mol. The number of anilines is 1. The van der Waals surface area contributed by atoms with Crippen molar-refractivity contribution in [3.05, 3.63) is 41.0 Å². The highest BCUT2D eigenvalue weighted by atomic mass is 35.5. The molecule has 0 aliphatic carbocycles. The van der Waals surface area contributed by atoms with E-state index in [1.165, 1.54) is 0 Å². The van der Waals surface area contributed by atoms with Crippen molar-refractivity contribution in [3.63, 3.8) is 0 Å². The molecule has 72 valence electrons. The first-order valence-electron chi connectivity index (χ1n) is 4.24. The third-order valence-electron chi connectivity index (χ3n) is 2.05. The van der Waals surface area contributed by atoms with Crippen molar-refractivity contribution in [3.8, 4) is 5.69 Å². The maximum Gasteiger partial charge on any atom is 0.130 e. The molecule has 0 aliphatic heterocycles. The standard InChI is InChI=1S/C10H10ClN3/c1-7-6-13-14(10(7)12)9-4-2-3-8(11)5-9/h2-6H,12H2,1H3. The Hall–Kier alpha value is -1.48. The molecule has 0 aliphatic rings. The highest BCUT2D eigenvalue weighted by Gasteiger charge is 2.04. The summed E-state index contributed by atoms with van der Waals surface area (Å²) >= 11 is 5.87. The highest BCUT2D eigenvalue weighted by Crippen LogP contribution is 2.18. The second kappa shape index (κ2) is 3.35. The summed E-state index contributed by atoms with van der Waals surface area (Å²) in [5, 5.41) is 4.84. The van der Waals surface area contributed by atoms with Crippen LogP contribution in [0.25, 0.3) is 5.69 Å². The van der Waals surface area contributed by atoms with Gasteiger partial charge < -0.3 is 5.73 Å². The van der Waals surface area contributed by atoms with E-state index >= 15 is 0 Å². The van der Waals surface area contributed by atoms with Crippen LogP contribution in [-0.4, -0.2) is 9.78 Å². The molecule has 1 aromatic heterocycles. The van der Waals surface area contributed by atoms with E-state index in [4.69, 9.17) is 17.3 Å². The van der Waals surface area contributed by atoms with Gasteiger partial charge in [-0.1, -0.05) is 17.7 Å². The number of halogens is 1. The third kappa shape index (κ3) is 1.46. The summed E-state index contributed by atoms with van der Waals surface area (Å²) in [6.45, 7) is 1.92. The summed E-state index contributed by atoms with van der Waals surface area (Å²) in [7, 11) is 0. The normalized spacial score (nSPS) is 10.4. The van der Waals surface area contributed by atoms with Gasteiger partial charge in [-0.3, -0.25) is 0 Å². The Kier molecular flexibility index (Phi) is 2.17. The zero-order valence-corrected chi connectivity index (χ0v) is 8.49. The van der Waals surface area contributed by atoms with E-state index in [-0.39, 0.29) is 0 Å². The average Bonchev–Trinajstić information content (AvgIpc) is 2.48. The van der Waals surface area contributed by atoms with E-state index in [0.717, 1.165) is 11.3 Å². The smallest absolute Gasteiger partial charge is 0.130 e. The fourth-order valence-corrected chi connectivity index (χ4v) is 1.44. The second-order valence-corrected chi connectivity index (χ2v) is 3.54. The molecule has 0 amide bonds. The number of rotatable bonds is 1. The fraction of sp³-hybridized carbons (Fsp3) is 0.100. The Labute approximate surface area is 87.1 Å². The van der Waals surface area contributed by atoms with Gasteiger partial charge in [0.2, 0.25) is 0 Å². The van der Waals surface area contributed by atoms with E-state index in [2.05, 4.69) is 5.10 Å². The van der Waals surface area contributed by atoms with Gasteiger partial charge in [0.1, 0.15) is 5.82 Å². The molecule has 2 N–H and O–H groups in total. The molecule has 0 saturated carbocycles. The van der Waals surface area contributed by atoms with Crippen LogP contribution in [0.2, 0.25) is 5.02 Å². The Bertz CT molecular complexity index is 462. The van der Waals surface area contributed by atoms with E-state index in [9.17, 15) is 0 Å². The number of nitrogens with zero attached hydrogens (tertiary/aromatic N) is 2. The van der Waals surface area contributed by atoms with Crippen molar-refractivity contribution < 1.29 is 0 Å². The summed E-state index contributed by atoms with van der Waals surface area (Å²) in [5.41, 5.74) is 7.68. The molecule has 0 fully saturated rings. The minimum Gasteiger partial charge on any atom is -0.383 e. The van der Waals surface area contributed by atoms with E-state index < -0.39 is 0 Å². The number of nitrogens with two attached hydrogens (primary N) is 1. The highest BCUT2D eigenvalue weighted by molar-refractivity contribution is 6.30. The lowest BCUT2D eigenvalue weighted by atomic mass is 10.3. The molecule has 0 radical (unpaired) electrons. The van der Waals surface area contributed by atoms with Crippen molar-refractivity contribution in [2.45, 2.75) is 6.92 Å². The number of aryl methyl sites for hydroxylation is 1. The van der Waals surface area contributed by atoms with E-state index in [1.54, 1.807) is 10.9 Å². The molecule has 0 bridgehead atoms. The Morgan fingerprint density at radius 2 is 2.21 bits per heavy atom. The summed E-state index contributed by atoms with van der Waals surface area (Å²) in [6, 6.07) is 7.42. The minimum atomic E-state index is 0.646. The van der Waals surface area contributed by atoms with Gasteiger partial charge in [-0.2, -0.15) is 5.10 Å². The monoisotopic (exact) mass is 207 g/mol. The van der Waals surface area contributed by atoms with Gasteiger partial charge in [0.05, 0.1) is 11.9 Å². The number of aromatic nitrogens is 2. The molecule has 2 rings (SSSR count). The minimum absolute atomic E-state index is 0.646. The van der Waals surface area contributed by atoms with E-state index in [0.29, 0.717) is 10.8 Å². The third-order valence-corrected chi connectivity index (χ3v) is 2.29. The summed E-state index contributed by atoms with van der Waals surface area (Å²) < 4.78 is 1.67.